The molecule has 1 rings (SSSR count). The van der Waals surface area contributed by atoms with Gasteiger partial charge in [-0.2, -0.15) is 13.2 Å². The fourth-order valence-electron chi connectivity index (χ4n) is 1.78. The second-order valence-corrected chi connectivity index (χ2v) is 6.61. The van der Waals surface area contributed by atoms with E-state index in [-0.39, 0.29) is 4.47 Å². The van der Waals surface area contributed by atoms with Crippen molar-refractivity contribution in [3.63, 3.8) is 0 Å². The molecule has 0 saturated carbocycles. The van der Waals surface area contributed by atoms with Crippen molar-refractivity contribution in [1.29, 1.82) is 0 Å². The molecule has 0 bridgehead atoms. The first kappa shape index (κ1) is 19.3. The number of alkyl carbamates (subject to hydrolysis) is 1. The van der Waals surface area contributed by atoms with Gasteiger partial charge in [-0.3, -0.25) is 5.32 Å². The third-order valence-corrected chi connectivity index (χ3v) is 3.19. The molecule has 0 heterocycles. The van der Waals surface area contributed by atoms with Crippen LogP contribution < -0.4 is 5.32 Å². The highest BCUT2D eigenvalue weighted by Crippen LogP contribution is 2.40. The molecule has 1 unspecified atom stereocenters. The Balaban J connectivity index is 3.43. The first-order valence-electron chi connectivity index (χ1n) is 6.37. The maximum atomic E-state index is 13.6. The number of carboxylic acid groups (broad SMARTS) is 1. The van der Waals surface area contributed by atoms with E-state index < -0.39 is 34.9 Å². The molecule has 1 atom stereocenters. The highest BCUT2D eigenvalue weighted by atomic mass is 79.9. The topological polar surface area (TPSA) is 75.6 Å². The number of carboxylic acids is 1. The molecule has 0 aliphatic heterocycles. The van der Waals surface area contributed by atoms with E-state index in [1.165, 1.54) is 38.2 Å². The first-order valence-corrected chi connectivity index (χ1v) is 7.16. The van der Waals surface area contributed by atoms with Gasteiger partial charge in [0.25, 0.3) is 5.54 Å². The van der Waals surface area contributed by atoms with Crippen LogP contribution >= 0.6 is 15.9 Å². The zero-order valence-electron chi connectivity index (χ0n) is 12.5. The molecule has 0 aromatic heterocycles. The Morgan fingerprint density at radius 3 is 2.17 bits per heavy atom. The summed E-state index contributed by atoms with van der Waals surface area (Å²) in [5.74, 6) is -2.27. The predicted octanol–water partition coefficient (Wildman–Crippen LogP) is 3.82. The summed E-state index contributed by atoms with van der Waals surface area (Å²) in [6.07, 6.45) is -6.78. The minimum absolute atomic E-state index is 0.232. The number of rotatable bonds is 3. The van der Waals surface area contributed by atoms with Crippen molar-refractivity contribution in [2.24, 2.45) is 0 Å². The van der Waals surface area contributed by atoms with Crippen molar-refractivity contribution >= 4 is 28.0 Å². The number of benzene rings is 1. The molecule has 0 fully saturated rings. The number of aliphatic carboxylic acids is 1. The van der Waals surface area contributed by atoms with Crippen molar-refractivity contribution in [1.82, 2.24) is 5.32 Å². The summed E-state index contributed by atoms with van der Waals surface area (Å²) in [6, 6.07) is 4.60. The molecule has 1 aromatic rings. The zero-order chi connectivity index (χ0) is 18.1. The van der Waals surface area contributed by atoms with E-state index in [1.807, 2.05) is 0 Å². The van der Waals surface area contributed by atoms with Gasteiger partial charge in [-0.1, -0.05) is 28.1 Å². The number of hydrogen-bond acceptors (Lipinski definition) is 3. The molecule has 0 aliphatic carbocycles. The molecule has 5 nitrogen and oxygen atoms in total. The minimum Gasteiger partial charge on any atom is -0.479 e. The highest BCUT2D eigenvalue weighted by Gasteiger charge is 2.64. The van der Waals surface area contributed by atoms with Crippen molar-refractivity contribution < 1.29 is 32.6 Å². The Kier molecular flexibility index (Phi) is 5.35. The van der Waals surface area contributed by atoms with Crippen molar-refractivity contribution in [3.05, 3.63) is 34.3 Å². The molecule has 9 heteroatoms. The van der Waals surface area contributed by atoms with Crippen LogP contribution in [0.15, 0.2) is 28.7 Å². The Bertz CT molecular complexity index is 613. The van der Waals surface area contributed by atoms with Crippen LogP contribution in [0.5, 0.6) is 0 Å². The van der Waals surface area contributed by atoms with Gasteiger partial charge in [0.15, 0.2) is 0 Å². The van der Waals surface area contributed by atoms with E-state index >= 15 is 0 Å². The van der Waals surface area contributed by atoms with E-state index in [4.69, 9.17) is 4.74 Å². The van der Waals surface area contributed by atoms with Gasteiger partial charge in [0, 0.05) is 4.47 Å². The molecule has 1 amide bonds. The first-order chi connectivity index (χ1) is 10.3. The average molecular weight is 398 g/mol. The highest BCUT2D eigenvalue weighted by molar-refractivity contribution is 9.10. The number of carbonyl (C=O) groups is 2. The Hall–Kier alpha value is -1.77. The number of carbonyl (C=O) groups excluding carboxylic acids is 1. The lowest BCUT2D eigenvalue weighted by Crippen LogP contribution is -2.61. The van der Waals surface area contributed by atoms with E-state index in [2.05, 4.69) is 15.9 Å². The van der Waals surface area contributed by atoms with Crippen LogP contribution in [0.2, 0.25) is 0 Å². The van der Waals surface area contributed by atoms with Gasteiger partial charge in [0.1, 0.15) is 5.60 Å². The number of ether oxygens (including phenoxy) is 1. The van der Waals surface area contributed by atoms with Crippen LogP contribution in [0, 0.1) is 0 Å². The Morgan fingerprint density at radius 1 is 1.22 bits per heavy atom. The monoisotopic (exact) mass is 397 g/mol. The Labute approximate surface area is 138 Å². The number of halogens is 4. The molecule has 23 heavy (non-hydrogen) atoms. The van der Waals surface area contributed by atoms with Crippen molar-refractivity contribution in [2.75, 3.05) is 0 Å². The fraction of sp³-hybridized carbons (Fsp3) is 0.429. The largest absolute Gasteiger partial charge is 0.479 e. The number of amides is 1. The standard InChI is InChI=1S/C14H15BrF3NO4/c1-12(2,3)23-11(22)19-13(10(20)21,14(16,17)18)8-5-4-6-9(15)7-8/h4-7H,1-3H3,(H,19,22)(H,20,21). The van der Waals surface area contributed by atoms with Gasteiger partial charge in [-0.15, -0.1) is 0 Å². The fourth-order valence-corrected chi connectivity index (χ4v) is 2.18. The zero-order valence-corrected chi connectivity index (χ0v) is 14.1. The summed E-state index contributed by atoms with van der Waals surface area (Å²) in [4.78, 5) is 23.3. The third-order valence-electron chi connectivity index (χ3n) is 2.69. The van der Waals surface area contributed by atoms with E-state index in [1.54, 1.807) is 0 Å². The van der Waals surface area contributed by atoms with Crippen molar-refractivity contribution in [2.45, 2.75) is 38.1 Å². The molecule has 0 spiro atoms. The second-order valence-electron chi connectivity index (χ2n) is 5.69. The summed E-state index contributed by atoms with van der Waals surface area (Å²) < 4.78 is 45.7. The van der Waals surface area contributed by atoms with Gasteiger partial charge < -0.3 is 9.84 Å². The molecular formula is C14H15BrF3NO4. The van der Waals surface area contributed by atoms with Gasteiger partial charge >= 0.3 is 18.2 Å². The number of alkyl halides is 3. The second kappa shape index (κ2) is 6.38. The van der Waals surface area contributed by atoms with Crippen LogP contribution in [-0.4, -0.2) is 28.9 Å². The summed E-state index contributed by atoms with van der Waals surface area (Å²) in [5, 5.41) is 10.7. The number of nitrogens with one attached hydrogen (secondary N) is 1. The van der Waals surface area contributed by atoms with E-state index in [0.717, 1.165) is 12.1 Å². The Morgan fingerprint density at radius 2 is 1.78 bits per heavy atom. The molecule has 0 saturated heterocycles. The molecule has 0 radical (unpaired) electrons. The molecule has 0 aliphatic rings. The summed E-state index contributed by atoms with van der Waals surface area (Å²) >= 11 is 2.98. The van der Waals surface area contributed by atoms with Crippen molar-refractivity contribution in [3.8, 4) is 0 Å². The van der Waals surface area contributed by atoms with E-state index in [9.17, 15) is 27.9 Å². The van der Waals surface area contributed by atoms with Crippen LogP contribution in [0.25, 0.3) is 0 Å². The van der Waals surface area contributed by atoms with Gasteiger partial charge in [-0.25, -0.2) is 9.59 Å². The van der Waals surface area contributed by atoms with Crippen LogP contribution in [-0.2, 0) is 15.1 Å². The molecule has 128 valence electrons. The maximum absolute atomic E-state index is 13.6. The summed E-state index contributed by atoms with van der Waals surface area (Å²) in [6.45, 7) is 4.34. The lowest BCUT2D eigenvalue weighted by atomic mass is 9.89. The molecular weight excluding hydrogens is 383 g/mol. The minimum atomic E-state index is -5.30. The SMILES string of the molecule is CC(C)(C)OC(=O)NC(C(=O)O)(c1cccc(Br)c1)C(F)(F)F. The summed E-state index contributed by atoms with van der Waals surface area (Å²) in [7, 11) is 0. The van der Waals surface area contributed by atoms with Crippen LogP contribution in [0.4, 0.5) is 18.0 Å². The van der Waals surface area contributed by atoms with Crippen LogP contribution in [0.1, 0.15) is 26.3 Å². The normalized spacial score (nSPS) is 14.7. The molecule has 1 aromatic carbocycles. The van der Waals surface area contributed by atoms with Crippen LogP contribution in [0.3, 0.4) is 0 Å². The lowest BCUT2D eigenvalue weighted by molar-refractivity contribution is -0.212. The summed E-state index contributed by atoms with van der Waals surface area (Å²) in [5.41, 5.74) is -5.37. The smallest absolute Gasteiger partial charge is 0.426 e. The quantitative estimate of drug-likeness (QED) is 0.812. The van der Waals surface area contributed by atoms with Gasteiger partial charge in [0.2, 0.25) is 0 Å². The van der Waals surface area contributed by atoms with Gasteiger partial charge in [0.05, 0.1) is 0 Å². The lowest BCUT2D eigenvalue weighted by Gasteiger charge is -2.33. The average Bonchev–Trinajstić information content (AvgIpc) is 2.31. The molecule has 2 N–H and O–H groups in total. The maximum Gasteiger partial charge on any atom is 0.426 e. The predicted molar refractivity (Wildman–Crippen MR) is 78.9 cm³/mol. The van der Waals surface area contributed by atoms with Gasteiger partial charge in [-0.05, 0) is 38.5 Å². The third kappa shape index (κ3) is 4.37. The number of hydrogen-bond donors (Lipinski definition) is 2. The van der Waals surface area contributed by atoms with E-state index in [0.29, 0.717) is 0 Å².